The lowest BCUT2D eigenvalue weighted by molar-refractivity contribution is -0.137. The molecule has 1 aromatic carbocycles. The Hall–Kier alpha value is -1.97. The maximum atomic E-state index is 12.6. The van der Waals surface area contributed by atoms with Crippen LogP contribution in [0.25, 0.3) is 11.4 Å². The number of rotatable bonds is 7. The number of hydrogen-bond acceptors (Lipinski definition) is 6. The molecule has 0 N–H and O–H groups in total. The minimum absolute atomic E-state index is 0.238. The Morgan fingerprint density at radius 2 is 1.85 bits per heavy atom. The molecule has 2 aromatic rings. The fourth-order valence-corrected chi connectivity index (χ4v) is 2.97. The lowest BCUT2D eigenvalue weighted by Crippen LogP contribution is -2.37. The highest BCUT2D eigenvalue weighted by Crippen LogP contribution is 2.30. The third-order valence-electron chi connectivity index (χ3n) is 4.47. The van der Waals surface area contributed by atoms with Gasteiger partial charge in [0.05, 0.1) is 31.4 Å². The van der Waals surface area contributed by atoms with Crippen LogP contribution in [0.4, 0.5) is 13.2 Å². The van der Waals surface area contributed by atoms with Crippen LogP contribution in [0.1, 0.15) is 24.3 Å². The Morgan fingerprint density at radius 3 is 2.48 bits per heavy atom. The molecule has 0 unspecified atom stereocenters. The van der Waals surface area contributed by atoms with Gasteiger partial charge in [-0.3, -0.25) is 4.90 Å². The van der Waals surface area contributed by atoms with Crippen molar-refractivity contribution in [3.8, 4) is 11.4 Å². The second kappa shape index (κ2) is 8.81. The molecular weight excluding hydrogens is 363 g/mol. The number of alkyl halides is 3. The molecule has 27 heavy (non-hydrogen) atoms. The van der Waals surface area contributed by atoms with Gasteiger partial charge in [0.2, 0.25) is 11.7 Å². The van der Waals surface area contributed by atoms with E-state index < -0.39 is 11.7 Å². The van der Waals surface area contributed by atoms with Gasteiger partial charge in [-0.25, -0.2) is 0 Å². The molecule has 1 fully saturated rings. The molecule has 0 bridgehead atoms. The van der Waals surface area contributed by atoms with Crippen molar-refractivity contribution < 1.29 is 27.2 Å². The van der Waals surface area contributed by atoms with Crippen molar-refractivity contribution in [3.05, 3.63) is 35.7 Å². The van der Waals surface area contributed by atoms with Crippen molar-refractivity contribution in [2.45, 2.75) is 31.7 Å². The Labute approximate surface area is 155 Å². The molecule has 2 heterocycles. The lowest BCUT2D eigenvalue weighted by Gasteiger charge is -2.30. The van der Waals surface area contributed by atoms with Gasteiger partial charge in [0.15, 0.2) is 0 Å². The molecule has 0 spiro atoms. The zero-order chi connectivity index (χ0) is 19.3. The van der Waals surface area contributed by atoms with Gasteiger partial charge >= 0.3 is 6.18 Å². The minimum Gasteiger partial charge on any atom is -0.382 e. The number of nitrogens with zero attached hydrogens (tertiary/aromatic N) is 3. The van der Waals surface area contributed by atoms with Crippen LogP contribution in [0, 0.1) is 0 Å². The first-order valence-corrected chi connectivity index (χ1v) is 8.79. The summed E-state index contributed by atoms with van der Waals surface area (Å²) < 4.78 is 53.9. The van der Waals surface area contributed by atoms with Gasteiger partial charge in [-0.05, 0) is 25.0 Å². The van der Waals surface area contributed by atoms with Crippen molar-refractivity contribution in [1.82, 2.24) is 15.0 Å². The average molecular weight is 385 g/mol. The molecule has 6 nitrogen and oxygen atoms in total. The molecule has 1 aliphatic heterocycles. The van der Waals surface area contributed by atoms with E-state index in [2.05, 4.69) is 15.0 Å². The molecule has 1 saturated heterocycles. The first-order valence-electron chi connectivity index (χ1n) is 8.79. The highest BCUT2D eigenvalue weighted by atomic mass is 19.4. The summed E-state index contributed by atoms with van der Waals surface area (Å²) in [6.07, 6.45) is -2.28. The molecule has 9 heteroatoms. The smallest absolute Gasteiger partial charge is 0.382 e. The Balaban J connectivity index is 1.51. The van der Waals surface area contributed by atoms with Gasteiger partial charge in [0.25, 0.3) is 0 Å². The zero-order valence-electron chi connectivity index (χ0n) is 15.0. The van der Waals surface area contributed by atoms with Crippen LogP contribution in [-0.2, 0) is 22.2 Å². The van der Waals surface area contributed by atoms with E-state index in [1.807, 2.05) is 0 Å². The molecule has 0 atom stereocenters. The summed E-state index contributed by atoms with van der Waals surface area (Å²) in [5.74, 6) is 0.736. The monoisotopic (exact) mass is 385 g/mol. The largest absolute Gasteiger partial charge is 0.416 e. The molecular formula is C18H22F3N3O3. The van der Waals surface area contributed by atoms with Crippen molar-refractivity contribution in [2.24, 2.45) is 0 Å². The highest BCUT2D eigenvalue weighted by molar-refractivity contribution is 5.54. The van der Waals surface area contributed by atoms with Gasteiger partial charge in [-0.15, -0.1) is 0 Å². The van der Waals surface area contributed by atoms with Crippen LogP contribution >= 0.6 is 0 Å². The summed E-state index contributed by atoms with van der Waals surface area (Å²) in [4.78, 5) is 6.49. The Kier molecular flexibility index (Phi) is 6.46. The topological polar surface area (TPSA) is 60.6 Å². The van der Waals surface area contributed by atoms with E-state index in [9.17, 15) is 13.2 Å². The minimum atomic E-state index is -4.36. The van der Waals surface area contributed by atoms with Crippen LogP contribution < -0.4 is 0 Å². The summed E-state index contributed by atoms with van der Waals surface area (Å²) >= 11 is 0. The molecule has 0 saturated carbocycles. The number of hydrogen-bond donors (Lipinski definition) is 0. The first-order chi connectivity index (χ1) is 13.0. The number of halogens is 3. The maximum absolute atomic E-state index is 12.6. The van der Waals surface area contributed by atoms with Crippen LogP contribution in [0.2, 0.25) is 0 Å². The molecule has 0 amide bonds. The maximum Gasteiger partial charge on any atom is 0.416 e. The van der Waals surface area contributed by atoms with Gasteiger partial charge in [0.1, 0.15) is 0 Å². The van der Waals surface area contributed by atoms with Crippen molar-refractivity contribution in [1.29, 1.82) is 0 Å². The summed E-state index contributed by atoms with van der Waals surface area (Å²) in [5, 5.41) is 3.88. The first kappa shape index (κ1) is 19.8. The normalized spacial score (nSPS) is 16.7. The number of piperidine rings is 1. The van der Waals surface area contributed by atoms with Crippen molar-refractivity contribution in [2.75, 3.05) is 33.4 Å². The highest BCUT2D eigenvalue weighted by Gasteiger charge is 2.30. The number of ether oxygens (including phenoxy) is 2. The summed E-state index contributed by atoms with van der Waals surface area (Å²) in [5.41, 5.74) is -0.214. The van der Waals surface area contributed by atoms with Crippen LogP contribution in [0.5, 0.6) is 0 Å². The molecule has 0 aliphatic carbocycles. The van der Waals surface area contributed by atoms with E-state index in [0.29, 0.717) is 31.2 Å². The van der Waals surface area contributed by atoms with E-state index in [4.69, 9.17) is 14.0 Å². The Morgan fingerprint density at radius 1 is 1.15 bits per heavy atom. The van der Waals surface area contributed by atoms with E-state index in [1.54, 1.807) is 7.11 Å². The number of methoxy groups -OCH3 is 1. The van der Waals surface area contributed by atoms with Gasteiger partial charge in [0, 0.05) is 25.8 Å². The average Bonchev–Trinajstić information content (AvgIpc) is 3.11. The fourth-order valence-electron chi connectivity index (χ4n) is 2.97. The van der Waals surface area contributed by atoms with Gasteiger partial charge in [-0.1, -0.05) is 17.3 Å². The molecule has 3 rings (SSSR count). The van der Waals surface area contributed by atoms with Crippen LogP contribution in [0.3, 0.4) is 0 Å². The van der Waals surface area contributed by atoms with E-state index in [0.717, 1.165) is 38.1 Å². The van der Waals surface area contributed by atoms with Gasteiger partial charge < -0.3 is 14.0 Å². The SMILES string of the molecule is COCCOC1CCN(Cc2nc(-c3ccc(C(F)(F)F)cc3)no2)CC1. The zero-order valence-corrected chi connectivity index (χ0v) is 15.0. The Bertz CT molecular complexity index is 711. The molecule has 0 radical (unpaired) electrons. The second-order valence-electron chi connectivity index (χ2n) is 6.43. The lowest BCUT2D eigenvalue weighted by atomic mass is 10.1. The third-order valence-corrected chi connectivity index (χ3v) is 4.47. The van der Waals surface area contributed by atoms with E-state index in [-0.39, 0.29) is 11.9 Å². The second-order valence-corrected chi connectivity index (χ2v) is 6.43. The number of benzene rings is 1. The molecule has 1 aliphatic rings. The third kappa shape index (κ3) is 5.50. The standard InChI is InChI=1S/C18H22F3N3O3/c1-25-10-11-26-15-6-8-24(9-7-15)12-16-22-17(23-27-16)13-2-4-14(5-3-13)18(19,20)21/h2-5,15H,6-12H2,1H3. The summed E-state index contributed by atoms with van der Waals surface area (Å²) in [7, 11) is 1.65. The number of likely N-dealkylation sites (tertiary alicyclic amines) is 1. The molecule has 148 valence electrons. The molecule has 1 aromatic heterocycles. The quantitative estimate of drug-likeness (QED) is 0.681. The predicted octanol–water partition coefficient (Wildman–Crippen LogP) is 3.38. The number of aromatic nitrogens is 2. The van der Waals surface area contributed by atoms with Crippen LogP contribution in [0.15, 0.2) is 28.8 Å². The van der Waals surface area contributed by atoms with Crippen molar-refractivity contribution >= 4 is 0 Å². The fraction of sp³-hybridized carbons (Fsp3) is 0.556. The van der Waals surface area contributed by atoms with Gasteiger partial charge in [-0.2, -0.15) is 18.2 Å². The predicted molar refractivity (Wildman–Crippen MR) is 90.9 cm³/mol. The van der Waals surface area contributed by atoms with E-state index >= 15 is 0 Å². The van der Waals surface area contributed by atoms with E-state index in [1.165, 1.54) is 12.1 Å². The summed E-state index contributed by atoms with van der Waals surface area (Å²) in [6.45, 7) is 3.42. The van der Waals surface area contributed by atoms with Crippen molar-refractivity contribution in [3.63, 3.8) is 0 Å². The summed E-state index contributed by atoms with van der Waals surface area (Å²) in [6, 6.07) is 4.72. The van der Waals surface area contributed by atoms with Crippen LogP contribution in [-0.4, -0.2) is 54.6 Å².